The van der Waals surface area contributed by atoms with Crippen molar-refractivity contribution in [2.45, 2.75) is 19.1 Å². The molecular weight excluding hydrogens is 267 g/mol. The normalized spacial score (nSPS) is 11.8. The van der Waals surface area contributed by atoms with E-state index < -0.39 is 12.6 Å². The van der Waals surface area contributed by atoms with Crippen LogP contribution in [0.25, 0.3) is 10.8 Å². The van der Waals surface area contributed by atoms with Gasteiger partial charge in [-0.2, -0.15) is 13.2 Å². The maximum Gasteiger partial charge on any atom is 0.390 e. The number of fused-ring (bicyclic) bond motifs is 1. The van der Waals surface area contributed by atoms with E-state index in [0.717, 1.165) is 22.1 Å². The van der Waals surface area contributed by atoms with Crippen LogP contribution >= 0.6 is 0 Å². The summed E-state index contributed by atoms with van der Waals surface area (Å²) in [4.78, 5) is 0. The summed E-state index contributed by atoms with van der Waals surface area (Å²) in [6.45, 7) is 0.363. The topological polar surface area (TPSA) is 21.3 Å². The van der Waals surface area contributed by atoms with Crippen molar-refractivity contribution in [3.8, 4) is 5.75 Å². The number of rotatable bonds is 5. The fraction of sp³-hybridized carbons (Fsp3) is 0.333. The fourth-order valence-corrected chi connectivity index (χ4v) is 1.97. The first kappa shape index (κ1) is 14.7. The Morgan fingerprint density at radius 3 is 2.45 bits per heavy atom. The van der Waals surface area contributed by atoms with Crippen LogP contribution in [-0.2, 0) is 6.54 Å². The number of hydrogen-bond acceptors (Lipinski definition) is 2. The summed E-state index contributed by atoms with van der Waals surface area (Å²) in [6, 6.07) is 11.5. The first-order chi connectivity index (χ1) is 9.48. The average Bonchev–Trinajstić information content (AvgIpc) is 2.42. The second kappa shape index (κ2) is 6.13. The molecule has 2 aromatic carbocycles. The Balaban J connectivity index is 1.98. The Labute approximate surface area is 115 Å². The zero-order valence-electron chi connectivity index (χ0n) is 11.1. The highest BCUT2D eigenvalue weighted by molar-refractivity contribution is 5.84. The second-order valence-corrected chi connectivity index (χ2v) is 4.59. The Bertz CT molecular complexity index is 581. The largest absolute Gasteiger partial charge is 0.497 e. The van der Waals surface area contributed by atoms with Gasteiger partial charge in [-0.1, -0.05) is 18.2 Å². The van der Waals surface area contributed by atoms with Crippen molar-refractivity contribution in [2.24, 2.45) is 0 Å². The van der Waals surface area contributed by atoms with Crippen LogP contribution in [0.3, 0.4) is 0 Å². The maximum absolute atomic E-state index is 12.0. The lowest BCUT2D eigenvalue weighted by Gasteiger charge is -2.09. The molecule has 0 spiro atoms. The Morgan fingerprint density at radius 2 is 1.75 bits per heavy atom. The Hall–Kier alpha value is -1.75. The number of halogens is 3. The number of nitrogens with one attached hydrogen (secondary N) is 1. The molecule has 0 saturated carbocycles. The third-order valence-corrected chi connectivity index (χ3v) is 3.03. The minimum atomic E-state index is -4.10. The van der Waals surface area contributed by atoms with Crippen molar-refractivity contribution < 1.29 is 17.9 Å². The van der Waals surface area contributed by atoms with Crippen LogP contribution in [0.1, 0.15) is 12.0 Å². The highest BCUT2D eigenvalue weighted by atomic mass is 19.4. The Morgan fingerprint density at radius 1 is 1.05 bits per heavy atom. The zero-order chi connectivity index (χ0) is 14.6. The molecule has 0 atom stereocenters. The molecule has 1 N–H and O–H groups in total. The lowest BCUT2D eigenvalue weighted by molar-refractivity contribution is -0.133. The molecule has 0 unspecified atom stereocenters. The molecule has 0 aliphatic heterocycles. The van der Waals surface area contributed by atoms with Gasteiger partial charge in [0.1, 0.15) is 5.75 Å². The predicted molar refractivity (Wildman–Crippen MR) is 72.9 cm³/mol. The summed E-state index contributed by atoms with van der Waals surface area (Å²) >= 11 is 0. The van der Waals surface area contributed by atoms with Gasteiger partial charge in [-0.15, -0.1) is 0 Å². The minimum absolute atomic E-state index is 0.0653. The van der Waals surface area contributed by atoms with Gasteiger partial charge in [-0.3, -0.25) is 0 Å². The van der Waals surface area contributed by atoms with Crippen LogP contribution in [0.4, 0.5) is 13.2 Å². The van der Waals surface area contributed by atoms with Gasteiger partial charge in [0.25, 0.3) is 0 Å². The monoisotopic (exact) mass is 283 g/mol. The summed E-state index contributed by atoms with van der Waals surface area (Å²) < 4.78 is 41.2. The van der Waals surface area contributed by atoms with Crippen LogP contribution in [0.15, 0.2) is 36.4 Å². The maximum atomic E-state index is 12.0. The smallest absolute Gasteiger partial charge is 0.390 e. The van der Waals surface area contributed by atoms with E-state index in [1.807, 2.05) is 36.4 Å². The first-order valence-electron chi connectivity index (χ1n) is 6.32. The fourth-order valence-electron chi connectivity index (χ4n) is 1.97. The molecule has 0 bridgehead atoms. The van der Waals surface area contributed by atoms with Gasteiger partial charge < -0.3 is 10.1 Å². The third-order valence-electron chi connectivity index (χ3n) is 3.03. The average molecular weight is 283 g/mol. The molecule has 0 aliphatic rings. The number of alkyl halides is 3. The predicted octanol–water partition coefficient (Wildman–Crippen LogP) is 3.89. The van der Waals surface area contributed by atoms with E-state index in [4.69, 9.17) is 4.74 Å². The van der Waals surface area contributed by atoms with E-state index in [1.165, 1.54) is 0 Å². The van der Waals surface area contributed by atoms with E-state index in [9.17, 15) is 13.2 Å². The van der Waals surface area contributed by atoms with E-state index in [0.29, 0.717) is 6.54 Å². The van der Waals surface area contributed by atoms with Crippen LogP contribution in [0.2, 0.25) is 0 Å². The zero-order valence-corrected chi connectivity index (χ0v) is 11.1. The van der Waals surface area contributed by atoms with Crippen molar-refractivity contribution in [3.05, 3.63) is 42.0 Å². The van der Waals surface area contributed by atoms with E-state index >= 15 is 0 Å². The molecule has 0 heterocycles. The van der Waals surface area contributed by atoms with Crippen molar-refractivity contribution in [1.82, 2.24) is 5.32 Å². The molecule has 0 saturated heterocycles. The highest BCUT2D eigenvalue weighted by Gasteiger charge is 2.25. The molecule has 0 radical (unpaired) electrons. The minimum Gasteiger partial charge on any atom is -0.497 e. The van der Waals surface area contributed by atoms with Crippen molar-refractivity contribution in [3.63, 3.8) is 0 Å². The number of methoxy groups -OCH3 is 1. The lowest BCUT2D eigenvalue weighted by Crippen LogP contribution is -2.21. The standard InChI is InChI=1S/C15H16F3NO/c1-20-14-5-4-12-8-11(2-3-13(12)9-14)10-19-7-6-15(16,17)18/h2-5,8-9,19H,6-7,10H2,1H3. The molecular formula is C15H16F3NO. The quantitative estimate of drug-likeness (QED) is 0.841. The van der Waals surface area contributed by atoms with Crippen LogP contribution in [0, 0.1) is 0 Å². The number of ether oxygens (including phenoxy) is 1. The molecule has 0 aliphatic carbocycles. The highest BCUT2D eigenvalue weighted by Crippen LogP contribution is 2.22. The number of benzene rings is 2. The van der Waals surface area contributed by atoms with Crippen LogP contribution in [-0.4, -0.2) is 19.8 Å². The summed E-state index contributed by atoms with van der Waals surface area (Å²) in [5, 5.41) is 4.89. The van der Waals surface area contributed by atoms with Crippen molar-refractivity contribution >= 4 is 10.8 Å². The van der Waals surface area contributed by atoms with Gasteiger partial charge in [-0.05, 0) is 34.5 Å². The molecule has 2 nitrogen and oxygen atoms in total. The molecule has 0 aromatic heterocycles. The SMILES string of the molecule is COc1ccc2cc(CNCCC(F)(F)F)ccc2c1. The van der Waals surface area contributed by atoms with Gasteiger partial charge >= 0.3 is 6.18 Å². The number of hydrogen-bond donors (Lipinski definition) is 1. The van der Waals surface area contributed by atoms with Crippen LogP contribution in [0.5, 0.6) is 5.75 Å². The summed E-state index contributed by atoms with van der Waals surface area (Å²) in [5.74, 6) is 0.786. The summed E-state index contributed by atoms with van der Waals surface area (Å²) in [6.07, 6.45) is -4.91. The van der Waals surface area contributed by atoms with E-state index in [-0.39, 0.29) is 6.54 Å². The first-order valence-corrected chi connectivity index (χ1v) is 6.32. The molecule has 5 heteroatoms. The summed E-state index contributed by atoms with van der Waals surface area (Å²) in [5.41, 5.74) is 0.963. The molecule has 20 heavy (non-hydrogen) atoms. The second-order valence-electron chi connectivity index (χ2n) is 4.59. The molecule has 0 fully saturated rings. The van der Waals surface area contributed by atoms with Gasteiger partial charge in [0.15, 0.2) is 0 Å². The molecule has 2 aromatic rings. The van der Waals surface area contributed by atoms with Gasteiger partial charge in [0, 0.05) is 13.1 Å². The van der Waals surface area contributed by atoms with Gasteiger partial charge in [0.05, 0.1) is 13.5 Å². The molecule has 0 amide bonds. The van der Waals surface area contributed by atoms with Crippen molar-refractivity contribution in [1.29, 1.82) is 0 Å². The Kier molecular flexibility index (Phi) is 4.49. The van der Waals surface area contributed by atoms with Crippen LogP contribution < -0.4 is 10.1 Å². The third kappa shape index (κ3) is 4.13. The molecule has 2 rings (SSSR count). The van der Waals surface area contributed by atoms with Gasteiger partial charge in [0.2, 0.25) is 0 Å². The summed E-state index contributed by atoms with van der Waals surface area (Å²) in [7, 11) is 1.61. The lowest BCUT2D eigenvalue weighted by atomic mass is 10.1. The van der Waals surface area contributed by atoms with E-state index in [1.54, 1.807) is 7.11 Å². The van der Waals surface area contributed by atoms with E-state index in [2.05, 4.69) is 5.32 Å². The molecule has 108 valence electrons. The van der Waals surface area contributed by atoms with Gasteiger partial charge in [-0.25, -0.2) is 0 Å². The van der Waals surface area contributed by atoms with Crippen molar-refractivity contribution in [2.75, 3.05) is 13.7 Å².